The first kappa shape index (κ1) is 15.1. The lowest BCUT2D eigenvalue weighted by Crippen LogP contribution is -2.35. The number of benzene rings is 2. The third-order valence-electron chi connectivity index (χ3n) is 3.97. The molecule has 1 N–H and O–H groups in total. The van der Waals surface area contributed by atoms with Crippen LogP contribution < -0.4 is 10.3 Å². The van der Waals surface area contributed by atoms with Gasteiger partial charge in [-0.1, -0.05) is 41.1 Å². The molecule has 2 unspecified atom stereocenters. The van der Waals surface area contributed by atoms with Crippen molar-refractivity contribution in [3.05, 3.63) is 58.6 Å². The SMILES string of the molecule is CC1CC=NN(C(C)Nc2ccc(Br)cc2)c2ccccc21. The molecule has 3 rings (SSSR count). The number of anilines is 2. The molecule has 1 aliphatic rings. The van der Waals surface area contributed by atoms with Crippen LogP contribution in [0.15, 0.2) is 58.1 Å². The Morgan fingerprint density at radius 3 is 2.68 bits per heavy atom. The second-order valence-electron chi connectivity index (χ2n) is 5.67. The fraction of sp³-hybridized carbons (Fsp3) is 0.278. The average Bonchev–Trinajstić information content (AvgIpc) is 2.69. The number of nitrogens with zero attached hydrogens (tertiary/aromatic N) is 2. The van der Waals surface area contributed by atoms with E-state index in [1.54, 1.807) is 0 Å². The highest BCUT2D eigenvalue weighted by molar-refractivity contribution is 9.10. The van der Waals surface area contributed by atoms with Gasteiger partial charge in [-0.2, -0.15) is 5.10 Å². The van der Waals surface area contributed by atoms with E-state index in [0.717, 1.165) is 16.6 Å². The number of fused-ring (bicyclic) bond motifs is 1. The van der Waals surface area contributed by atoms with Crippen molar-refractivity contribution in [3.8, 4) is 0 Å². The summed E-state index contributed by atoms with van der Waals surface area (Å²) in [7, 11) is 0. The molecule has 3 nitrogen and oxygen atoms in total. The zero-order valence-corrected chi connectivity index (χ0v) is 14.4. The third-order valence-corrected chi connectivity index (χ3v) is 4.49. The van der Waals surface area contributed by atoms with Gasteiger partial charge in [0.25, 0.3) is 0 Å². The minimum atomic E-state index is 0.0730. The normalized spacial score (nSPS) is 18.5. The van der Waals surface area contributed by atoms with Crippen molar-refractivity contribution in [1.82, 2.24) is 0 Å². The highest BCUT2D eigenvalue weighted by Crippen LogP contribution is 2.33. The topological polar surface area (TPSA) is 27.6 Å². The van der Waals surface area contributed by atoms with E-state index in [-0.39, 0.29) is 6.17 Å². The largest absolute Gasteiger partial charge is 0.364 e. The van der Waals surface area contributed by atoms with Gasteiger partial charge < -0.3 is 5.32 Å². The summed E-state index contributed by atoms with van der Waals surface area (Å²) in [5.74, 6) is 0.491. The van der Waals surface area contributed by atoms with E-state index in [4.69, 9.17) is 0 Å². The summed E-state index contributed by atoms with van der Waals surface area (Å²) in [6.07, 6.45) is 3.06. The molecule has 0 aliphatic carbocycles. The molecule has 0 saturated carbocycles. The van der Waals surface area contributed by atoms with Crippen molar-refractivity contribution < 1.29 is 0 Å². The molecule has 0 saturated heterocycles. The predicted molar refractivity (Wildman–Crippen MR) is 97.7 cm³/mol. The fourth-order valence-corrected chi connectivity index (χ4v) is 3.02. The van der Waals surface area contributed by atoms with E-state index in [1.807, 2.05) is 18.3 Å². The number of rotatable bonds is 3. The number of hydrogen-bond donors (Lipinski definition) is 1. The van der Waals surface area contributed by atoms with Crippen molar-refractivity contribution in [2.45, 2.75) is 32.4 Å². The van der Waals surface area contributed by atoms with Crippen LogP contribution in [-0.2, 0) is 0 Å². The molecule has 0 bridgehead atoms. The molecule has 0 spiro atoms. The lowest BCUT2D eigenvalue weighted by Gasteiger charge is -2.29. The smallest absolute Gasteiger partial charge is 0.118 e. The zero-order valence-electron chi connectivity index (χ0n) is 12.8. The van der Waals surface area contributed by atoms with Crippen LogP contribution in [0.3, 0.4) is 0 Å². The molecule has 1 heterocycles. The second-order valence-corrected chi connectivity index (χ2v) is 6.58. The van der Waals surface area contributed by atoms with E-state index in [1.165, 1.54) is 11.3 Å². The highest BCUT2D eigenvalue weighted by Gasteiger charge is 2.21. The minimum Gasteiger partial charge on any atom is -0.364 e. The molecule has 0 aromatic heterocycles. The van der Waals surface area contributed by atoms with Crippen LogP contribution in [-0.4, -0.2) is 12.4 Å². The number of halogens is 1. The van der Waals surface area contributed by atoms with E-state index < -0.39 is 0 Å². The quantitative estimate of drug-likeness (QED) is 0.816. The number of hydrazone groups is 1. The predicted octanol–water partition coefficient (Wildman–Crippen LogP) is 5.21. The maximum Gasteiger partial charge on any atom is 0.118 e. The summed E-state index contributed by atoms with van der Waals surface area (Å²) in [5, 5.41) is 10.2. The Bertz CT molecular complexity index is 666. The summed E-state index contributed by atoms with van der Waals surface area (Å²) < 4.78 is 1.08. The molecule has 1 aliphatic heterocycles. The van der Waals surface area contributed by atoms with Gasteiger partial charge in [-0.3, -0.25) is 0 Å². The van der Waals surface area contributed by atoms with Crippen LogP contribution in [0.2, 0.25) is 0 Å². The number of nitrogens with one attached hydrogen (secondary N) is 1. The first-order chi connectivity index (χ1) is 10.6. The van der Waals surface area contributed by atoms with Gasteiger partial charge in [0, 0.05) is 16.4 Å². The number of hydrogen-bond acceptors (Lipinski definition) is 3. The van der Waals surface area contributed by atoms with E-state index >= 15 is 0 Å². The Kier molecular flexibility index (Phi) is 4.48. The van der Waals surface area contributed by atoms with Crippen LogP contribution in [0.4, 0.5) is 11.4 Å². The Hall–Kier alpha value is -1.81. The van der Waals surface area contributed by atoms with Crippen molar-refractivity contribution in [2.24, 2.45) is 5.10 Å². The van der Waals surface area contributed by atoms with Crippen LogP contribution in [0.5, 0.6) is 0 Å². The Morgan fingerprint density at radius 2 is 1.91 bits per heavy atom. The summed E-state index contributed by atoms with van der Waals surface area (Å²) >= 11 is 3.46. The van der Waals surface area contributed by atoms with Crippen molar-refractivity contribution in [1.29, 1.82) is 0 Å². The van der Waals surface area contributed by atoms with Crippen LogP contribution >= 0.6 is 15.9 Å². The lowest BCUT2D eigenvalue weighted by atomic mass is 9.97. The third kappa shape index (κ3) is 3.17. The minimum absolute atomic E-state index is 0.0730. The van der Waals surface area contributed by atoms with E-state index in [2.05, 4.69) is 81.6 Å². The zero-order chi connectivity index (χ0) is 15.5. The maximum atomic E-state index is 4.67. The van der Waals surface area contributed by atoms with Crippen molar-refractivity contribution in [2.75, 3.05) is 10.3 Å². The molecule has 2 atom stereocenters. The molecule has 114 valence electrons. The summed E-state index contributed by atoms with van der Waals surface area (Å²) in [6.45, 7) is 4.38. The van der Waals surface area contributed by atoms with Crippen LogP contribution in [0, 0.1) is 0 Å². The van der Waals surface area contributed by atoms with Gasteiger partial charge in [0.05, 0.1) is 5.69 Å². The van der Waals surface area contributed by atoms with Gasteiger partial charge in [0.2, 0.25) is 0 Å². The monoisotopic (exact) mass is 357 g/mol. The van der Waals surface area contributed by atoms with E-state index in [0.29, 0.717) is 5.92 Å². The molecule has 0 fully saturated rings. The Morgan fingerprint density at radius 1 is 1.18 bits per heavy atom. The first-order valence-electron chi connectivity index (χ1n) is 7.58. The molecular weight excluding hydrogens is 338 g/mol. The van der Waals surface area contributed by atoms with Gasteiger partial charge in [-0.15, -0.1) is 0 Å². The molecule has 0 amide bonds. The first-order valence-corrected chi connectivity index (χ1v) is 8.37. The van der Waals surface area contributed by atoms with Gasteiger partial charge >= 0.3 is 0 Å². The molecular formula is C18H20BrN3. The molecule has 0 radical (unpaired) electrons. The molecule has 22 heavy (non-hydrogen) atoms. The molecule has 4 heteroatoms. The second kappa shape index (κ2) is 6.53. The fourth-order valence-electron chi connectivity index (χ4n) is 2.75. The van der Waals surface area contributed by atoms with Crippen molar-refractivity contribution >= 4 is 33.5 Å². The lowest BCUT2D eigenvalue weighted by molar-refractivity contribution is 0.726. The van der Waals surface area contributed by atoms with Gasteiger partial charge in [-0.25, -0.2) is 5.01 Å². The van der Waals surface area contributed by atoms with E-state index in [9.17, 15) is 0 Å². The van der Waals surface area contributed by atoms with Crippen LogP contribution in [0.1, 0.15) is 31.7 Å². The Balaban J connectivity index is 1.86. The standard InChI is InChI=1S/C18H20BrN3/c1-13-11-12-20-22(18-6-4-3-5-17(13)18)14(2)21-16-9-7-15(19)8-10-16/h3-10,12-14,21H,11H2,1-2H3. The summed E-state index contributed by atoms with van der Waals surface area (Å²) in [5.41, 5.74) is 3.62. The molecule has 2 aromatic rings. The maximum absolute atomic E-state index is 4.67. The van der Waals surface area contributed by atoms with Crippen LogP contribution in [0.25, 0.3) is 0 Å². The van der Waals surface area contributed by atoms with Gasteiger partial charge in [0.15, 0.2) is 0 Å². The summed E-state index contributed by atoms with van der Waals surface area (Å²) in [4.78, 5) is 0. The highest BCUT2D eigenvalue weighted by atomic mass is 79.9. The molecule has 2 aromatic carbocycles. The Labute approximate surface area is 140 Å². The van der Waals surface area contributed by atoms with Gasteiger partial charge in [-0.05, 0) is 55.2 Å². The number of para-hydroxylation sites is 1. The van der Waals surface area contributed by atoms with Crippen molar-refractivity contribution in [3.63, 3.8) is 0 Å². The summed E-state index contributed by atoms with van der Waals surface area (Å²) in [6, 6.07) is 16.7. The van der Waals surface area contributed by atoms with Gasteiger partial charge in [0.1, 0.15) is 6.17 Å². The average molecular weight is 358 g/mol.